The van der Waals surface area contributed by atoms with E-state index in [0.29, 0.717) is 11.6 Å². The van der Waals surface area contributed by atoms with Crippen LogP contribution in [0, 0.1) is 25.6 Å². The minimum Gasteiger partial charge on any atom is -0.398 e. The number of nitro benzene ring substituents is 2. The van der Waals surface area contributed by atoms with E-state index in [1.807, 2.05) is 0 Å². The molecule has 0 aliphatic rings. The normalized spacial score (nSPS) is 13.8. The number of nitrogens with zero attached hydrogens (tertiary/aromatic N) is 2. The Bertz CT molecular complexity index is 2340. The summed E-state index contributed by atoms with van der Waals surface area (Å²) < 4.78 is 0. The van der Waals surface area contributed by atoms with Crippen LogP contribution in [-0.2, 0) is 35.2 Å². The predicted octanol–water partition coefficient (Wildman–Crippen LogP) is -2.90. The molecule has 7 amide bonds. The number of benzene rings is 3. The molecular formula is C41H54N14O13. The monoisotopic (exact) mass is 950 g/mol. The number of nitro groups is 2. The second kappa shape index (κ2) is 25.9. The fraction of sp³-hybridized carbons (Fsp3) is 0.366. The van der Waals surface area contributed by atoms with E-state index < -0.39 is 124 Å². The number of rotatable bonds is 26. The van der Waals surface area contributed by atoms with Crippen LogP contribution in [0.1, 0.15) is 42.6 Å². The van der Waals surface area contributed by atoms with Crippen molar-refractivity contribution in [3.05, 3.63) is 104 Å². The molecule has 17 N–H and O–H groups in total. The first-order valence-electron chi connectivity index (χ1n) is 20.7. The number of amides is 7. The van der Waals surface area contributed by atoms with Crippen LogP contribution in [0.4, 0.5) is 22.7 Å². The third-order valence-corrected chi connectivity index (χ3v) is 9.90. The van der Waals surface area contributed by atoms with Crippen LogP contribution in [0.15, 0.2) is 72.8 Å². The summed E-state index contributed by atoms with van der Waals surface area (Å²) >= 11 is 0. The van der Waals surface area contributed by atoms with Gasteiger partial charge in [0, 0.05) is 31.3 Å². The van der Waals surface area contributed by atoms with Crippen LogP contribution in [-0.4, -0.2) is 129 Å². The summed E-state index contributed by atoms with van der Waals surface area (Å²) in [7, 11) is 0. The number of para-hydroxylation sites is 1. The maximum atomic E-state index is 14.1. The van der Waals surface area contributed by atoms with Gasteiger partial charge in [0.2, 0.25) is 35.4 Å². The Kier molecular flexibility index (Phi) is 20.5. The fourth-order valence-corrected chi connectivity index (χ4v) is 6.23. The number of nitrogen functional groups attached to an aromatic ring is 1. The van der Waals surface area contributed by atoms with Crippen LogP contribution in [0.25, 0.3) is 0 Å². The van der Waals surface area contributed by atoms with E-state index in [2.05, 4.69) is 42.5 Å². The van der Waals surface area contributed by atoms with Gasteiger partial charge in [-0.05, 0) is 50.5 Å². The van der Waals surface area contributed by atoms with Crippen LogP contribution in [0.3, 0.4) is 0 Å². The summed E-state index contributed by atoms with van der Waals surface area (Å²) in [5.74, 6) is -7.35. The minimum atomic E-state index is -1.75. The highest BCUT2D eigenvalue weighted by atomic mass is 16.6. The molecule has 68 heavy (non-hydrogen) atoms. The largest absolute Gasteiger partial charge is 0.398 e. The topological polar surface area (TPSA) is 444 Å². The number of primary amides is 1. The summed E-state index contributed by atoms with van der Waals surface area (Å²) in [4.78, 5) is 114. The highest BCUT2D eigenvalue weighted by Crippen LogP contribution is 2.29. The molecule has 3 aromatic carbocycles. The Morgan fingerprint density at radius 1 is 0.721 bits per heavy atom. The van der Waals surface area contributed by atoms with E-state index in [0.717, 1.165) is 12.1 Å². The lowest BCUT2D eigenvalue weighted by Gasteiger charge is -2.27. The molecule has 27 heteroatoms. The molecule has 0 saturated carbocycles. The van der Waals surface area contributed by atoms with Crippen molar-refractivity contribution in [2.75, 3.05) is 30.7 Å². The molecule has 0 aliphatic carbocycles. The first-order valence-corrected chi connectivity index (χ1v) is 20.7. The van der Waals surface area contributed by atoms with Crippen molar-refractivity contribution in [3.63, 3.8) is 0 Å². The number of guanidine groups is 1. The molecule has 0 saturated heterocycles. The Labute approximate surface area is 387 Å². The zero-order chi connectivity index (χ0) is 50.7. The standard InChI is InChI=1S/C41H54N14O13/c1-21(35(59)51-30(34(43)58)19-47-27-15-14-24(54(65)66)18-32(27)55(67)68)48-39(63)31(20-56)52-37(61)28(13-8-16-46-41(44)45)49-38(62)29(17-23-9-4-3-5-10-23)50-40(64)33(22(2)57)53-36(60)25-11-6-7-12-26(25)42/h3-7,9-12,14-15,18,21-22,28-31,33,47,56-57H,8,13,16-17,19-20,42H2,1-2H3,(H2,43,58)(H,48,63)(H,49,62)(H,50,64)(H,51,59)(H,52,61)(H,53,60)(H4,44,45,46)/t21-,22+,28-,29-,30-,31-,33-/m0/s1. The van der Waals surface area contributed by atoms with Crippen molar-refractivity contribution in [2.24, 2.45) is 11.5 Å². The SMILES string of the molecule is C[C@H](NC(=O)[C@H](CO)NC(=O)[C@H](CCCNC(=N)N)NC(=O)[C@H](Cc1ccccc1)NC(=O)[C@@H](NC(=O)c1ccccc1N)[C@@H](C)O)C(=O)N[C@@H](CNc1ccc([N+](=O)[O-])cc1[N+](=O)[O-])C(N)=O. The number of anilines is 2. The number of hydrogen-bond acceptors (Lipinski definition) is 16. The van der Waals surface area contributed by atoms with Gasteiger partial charge in [0.25, 0.3) is 17.3 Å². The van der Waals surface area contributed by atoms with Gasteiger partial charge in [0.1, 0.15) is 41.9 Å². The lowest BCUT2D eigenvalue weighted by Crippen LogP contribution is -2.61. The van der Waals surface area contributed by atoms with Crippen molar-refractivity contribution in [1.82, 2.24) is 37.2 Å². The van der Waals surface area contributed by atoms with Gasteiger partial charge in [0.05, 0.1) is 34.2 Å². The van der Waals surface area contributed by atoms with Crippen LogP contribution >= 0.6 is 0 Å². The molecule has 366 valence electrons. The fourth-order valence-electron chi connectivity index (χ4n) is 6.23. The summed E-state index contributed by atoms with van der Waals surface area (Å²) in [6, 6.07) is 7.73. The zero-order valence-corrected chi connectivity index (χ0v) is 36.7. The number of non-ortho nitro benzene ring substituents is 1. The number of nitrogens with two attached hydrogens (primary N) is 3. The summed E-state index contributed by atoms with van der Waals surface area (Å²) in [6.45, 7) is 0.883. The average Bonchev–Trinajstić information content (AvgIpc) is 3.28. The molecule has 3 aromatic rings. The molecule has 0 fully saturated rings. The summed E-state index contributed by atoms with van der Waals surface area (Å²) in [5.41, 5.74) is 15.8. The van der Waals surface area contributed by atoms with E-state index in [9.17, 15) is 64.0 Å². The third kappa shape index (κ3) is 16.5. The van der Waals surface area contributed by atoms with E-state index >= 15 is 0 Å². The molecule has 27 nitrogen and oxygen atoms in total. The smallest absolute Gasteiger partial charge is 0.299 e. The van der Waals surface area contributed by atoms with Gasteiger partial charge < -0.3 is 69.9 Å². The van der Waals surface area contributed by atoms with E-state index in [-0.39, 0.29) is 42.7 Å². The number of carbonyl (C=O) groups is 7. The van der Waals surface area contributed by atoms with Gasteiger partial charge in [-0.2, -0.15) is 0 Å². The van der Waals surface area contributed by atoms with Crippen molar-refractivity contribution in [2.45, 2.75) is 75.5 Å². The summed E-state index contributed by atoms with van der Waals surface area (Å²) in [5, 5.41) is 70.1. The quantitative estimate of drug-likeness (QED) is 0.00959. The molecule has 0 spiro atoms. The molecule has 0 aliphatic heterocycles. The molecule has 0 radical (unpaired) electrons. The number of aliphatic hydroxyl groups is 2. The first kappa shape index (κ1) is 53.9. The predicted molar refractivity (Wildman–Crippen MR) is 243 cm³/mol. The number of hydrogen-bond donors (Lipinski definition) is 14. The lowest BCUT2D eigenvalue weighted by atomic mass is 10.0. The van der Waals surface area contributed by atoms with Crippen molar-refractivity contribution in [3.8, 4) is 0 Å². The number of aliphatic hydroxyl groups excluding tert-OH is 2. The van der Waals surface area contributed by atoms with Crippen LogP contribution in [0.2, 0.25) is 0 Å². The molecule has 3 rings (SSSR count). The Morgan fingerprint density at radius 2 is 1.31 bits per heavy atom. The van der Waals surface area contributed by atoms with Gasteiger partial charge in [-0.15, -0.1) is 0 Å². The molecule has 0 bridgehead atoms. The molecule has 7 atom stereocenters. The second-order valence-electron chi connectivity index (χ2n) is 15.1. The Morgan fingerprint density at radius 3 is 1.90 bits per heavy atom. The van der Waals surface area contributed by atoms with Gasteiger partial charge in [-0.1, -0.05) is 42.5 Å². The maximum absolute atomic E-state index is 14.1. The first-order chi connectivity index (χ1) is 32.1. The maximum Gasteiger partial charge on any atom is 0.299 e. The highest BCUT2D eigenvalue weighted by Gasteiger charge is 2.34. The molecular weight excluding hydrogens is 897 g/mol. The van der Waals surface area contributed by atoms with Gasteiger partial charge in [-0.3, -0.25) is 59.2 Å². The van der Waals surface area contributed by atoms with Gasteiger partial charge in [0.15, 0.2) is 5.96 Å². The zero-order valence-electron chi connectivity index (χ0n) is 36.7. The van der Waals surface area contributed by atoms with Crippen molar-refractivity contribution in [1.29, 1.82) is 5.41 Å². The summed E-state index contributed by atoms with van der Waals surface area (Å²) in [6.07, 6.45) is -1.71. The van der Waals surface area contributed by atoms with Gasteiger partial charge in [-0.25, -0.2) is 0 Å². The van der Waals surface area contributed by atoms with E-state index in [1.54, 1.807) is 42.5 Å². The van der Waals surface area contributed by atoms with Crippen LogP contribution < -0.4 is 59.7 Å². The van der Waals surface area contributed by atoms with E-state index in [4.69, 9.17) is 22.6 Å². The van der Waals surface area contributed by atoms with Crippen LogP contribution in [0.5, 0.6) is 0 Å². The van der Waals surface area contributed by atoms with Gasteiger partial charge >= 0.3 is 0 Å². The lowest BCUT2D eigenvalue weighted by molar-refractivity contribution is -0.393. The molecule has 0 heterocycles. The number of carbonyl (C=O) groups excluding carboxylic acids is 7. The third-order valence-electron chi connectivity index (χ3n) is 9.90. The molecule has 0 aromatic heterocycles. The number of nitrogens with one attached hydrogen (secondary N) is 9. The second-order valence-corrected chi connectivity index (χ2v) is 15.1. The van der Waals surface area contributed by atoms with E-state index in [1.165, 1.54) is 26.0 Å². The Balaban J connectivity index is 1.77. The highest BCUT2D eigenvalue weighted by molar-refractivity contribution is 6.02. The van der Waals surface area contributed by atoms with Crippen molar-refractivity contribution < 1.29 is 53.6 Å². The Hall–Kier alpha value is -8.46. The molecule has 0 unspecified atom stereocenters. The minimum absolute atomic E-state index is 0.0184. The van der Waals surface area contributed by atoms with Crippen molar-refractivity contribution >= 4 is 70.1 Å². The average molecular weight is 951 g/mol.